The van der Waals surface area contributed by atoms with E-state index in [0.717, 1.165) is 12.0 Å². The zero-order chi connectivity index (χ0) is 9.80. The van der Waals surface area contributed by atoms with E-state index in [0.29, 0.717) is 11.7 Å². The van der Waals surface area contributed by atoms with Gasteiger partial charge in [0, 0.05) is 24.4 Å². The Hall–Kier alpha value is -1.05. The van der Waals surface area contributed by atoms with E-state index in [9.17, 15) is 4.79 Å². The molecule has 0 unspecified atom stereocenters. The largest absolute Gasteiger partial charge is 0.367 e. The van der Waals surface area contributed by atoms with Crippen LogP contribution in [0.1, 0.15) is 48.9 Å². The summed E-state index contributed by atoms with van der Waals surface area (Å²) in [7, 11) is 0. The van der Waals surface area contributed by atoms with Gasteiger partial charge in [0.1, 0.15) is 0 Å². The lowest BCUT2D eigenvalue weighted by molar-refractivity contribution is 0.0950. The molecule has 2 heteroatoms. The standard InChI is InChI=1S/C12H17NO/c14-12(11-6-7-13-9-11)8-10-4-2-1-3-5-10/h6-7,9-10,13H,1-5,8H2. The molecule has 0 spiro atoms. The van der Waals surface area contributed by atoms with E-state index in [2.05, 4.69) is 4.98 Å². The molecule has 2 nitrogen and oxygen atoms in total. The number of carbonyl (C=O) groups excluding carboxylic acids is 1. The van der Waals surface area contributed by atoms with E-state index in [4.69, 9.17) is 0 Å². The minimum Gasteiger partial charge on any atom is -0.367 e. The van der Waals surface area contributed by atoms with Gasteiger partial charge in [-0.3, -0.25) is 4.79 Å². The maximum atomic E-state index is 11.8. The first-order valence-corrected chi connectivity index (χ1v) is 5.52. The molecule has 1 saturated carbocycles. The third kappa shape index (κ3) is 2.25. The number of hydrogen-bond donors (Lipinski definition) is 1. The maximum Gasteiger partial charge on any atom is 0.164 e. The topological polar surface area (TPSA) is 32.9 Å². The molecule has 1 aromatic rings. The number of ketones is 1. The molecule has 1 aliphatic rings. The van der Waals surface area contributed by atoms with E-state index in [-0.39, 0.29) is 0 Å². The van der Waals surface area contributed by atoms with Crippen molar-refractivity contribution in [3.63, 3.8) is 0 Å². The van der Waals surface area contributed by atoms with Crippen LogP contribution in [-0.4, -0.2) is 10.8 Å². The number of H-pyrrole nitrogens is 1. The molecule has 0 aliphatic heterocycles. The first kappa shape index (κ1) is 9.50. The fourth-order valence-electron chi connectivity index (χ4n) is 2.27. The number of Topliss-reactive ketones (excluding diaryl/α,β-unsaturated/α-hetero) is 1. The van der Waals surface area contributed by atoms with Gasteiger partial charge in [0.15, 0.2) is 5.78 Å². The van der Waals surface area contributed by atoms with Gasteiger partial charge in [-0.25, -0.2) is 0 Å². The average Bonchev–Trinajstić information content (AvgIpc) is 2.72. The Balaban J connectivity index is 1.87. The lowest BCUT2D eigenvalue weighted by Gasteiger charge is -2.20. The van der Waals surface area contributed by atoms with Crippen LogP contribution in [0.4, 0.5) is 0 Å². The lowest BCUT2D eigenvalue weighted by Crippen LogP contribution is -2.11. The van der Waals surface area contributed by atoms with Gasteiger partial charge in [-0.1, -0.05) is 32.1 Å². The molecule has 0 saturated heterocycles. The van der Waals surface area contributed by atoms with Crippen molar-refractivity contribution in [2.24, 2.45) is 5.92 Å². The van der Waals surface area contributed by atoms with Crippen molar-refractivity contribution in [3.8, 4) is 0 Å². The molecule has 0 bridgehead atoms. The second-order valence-corrected chi connectivity index (χ2v) is 4.23. The second-order valence-electron chi connectivity index (χ2n) is 4.23. The average molecular weight is 191 g/mol. The summed E-state index contributed by atoms with van der Waals surface area (Å²) in [5, 5.41) is 0. The molecule has 0 atom stereocenters. The van der Waals surface area contributed by atoms with Crippen molar-refractivity contribution in [3.05, 3.63) is 24.0 Å². The molecule has 14 heavy (non-hydrogen) atoms. The summed E-state index contributed by atoms with van der Waals surface area (Å²) in [6.07, 6.45) is 10.8. The van der Waals surface area contributed by atoms with E-state index >= 15 is 0 Å². The Morgan fingerprint density at radius 3 is 2.79 bits per heavy atom. The fraction of sp³-hybridized carbons (Fsp3) is 0.583. The predicted molar refractivity (Wildman–Crippen MR) is 56.3 cm³/mol. The maximum absolute atomic E-state index is 11.8. The van der Waals surface area contributed by atoms with Crippen molar-refractivity contribution in [1.29, 1.82) is 0 Å². The van der Waals surface area contributed by atoms with Crippen LogP contribution in [0.5, 0.6) is 0 Å². The number of nitrogens with one attached hydrogen (secondary N) is 1. The molecule has 1 fully saturated rings. The molecule has 2 rings (SSSR count). The van der Waals surface area contributed by atoms with Gasteiger partial charge in [0.25, 0.3) is 0 Å². The fourth-order valence-corrected chi connectivity index (χ4v) is 2.27. The predicted octanol–water partition coefficient (Wildman–Crippen LogP) is 3.17. The minimum absolute atomic E-state index is 0.304. The highest BCUT2D eigenvalue weighted by Gasteiger charge is 2.17. The molecule has 0 radical (unpaired) electrons. The van der Waals surface area contributed by atoms with Crippen LogP contribution in [-0.2, 0) is 0 Å². The molecule has 1 aromatic heterocycles. The molecular weight excluding hydrogens is 174 g/mol. The number of aromatic amines is 1. The number of hydrogen-bond acceptors (Lipinski definition) is 1. The third-order valence-electron chi connectivity index (χ3n) is 3.12. The number of carbonyl (C=O) groups is 1. The van der Waals surface area contributed by atoms with Gasteiger partial charge in [0.2, 0.25) is 0 Å². The van der Waals surface area contributed by atoms with Crippen LogP contribution >= 0.6 is 0 Å². The Morgan fingerprint density at radius 1 is 1.36 bits per heavy atom. The lowest BCUT2D eigenvalue weighted by atomic mass is 9.85. The molecular formula is C12H17NO. The SMILES string of the molecule is O=C(CC1CCCCC1)c1cc[nH]c1. The quantitative estimate of drug-likeness (QED) is 0.731. The highest BCUT2D eigenvalue weighted by molar-refractivity contribution is 5.95. The van der Waals surface area contributed by atoms with E-state index in [1.165, 1.54) is 32.1 Å². The summed E-state index contributed by atoms with van der Waals surface area (Å²) in [4.78, 5) is 14.7. The van der Waals surface area contributed by atoms with Gasteiger partial charge in [-0.05, 0) is 12.0 Å². The van der Waals surface area contributed by atoms with Crippen molar-refractivity contribution in [2.45, 2.75) is 38.5 Å². The summed E-state index contributed by atoms with van der Waals surface area (Å²) in [6.45, 7) is 0. The van der Waals surface area contributed by atoms with Gasteiger partial charge >= 0.3 is 0 Å². The van der Waals surface area contributed by atoms with Gasteiger partial charge in [-0.2, -0.15) is 0 Å². The summed E-state index contributed by atoms with van der Waals surface area (Å²) in [5.74, 6) is 0.948. The zero-order valence-corrected chi connectivity index (χ0v) is 8.46. The molecule has 0 amide bonds. The highest BCUT2D eigenvalue weighted by Crippen LogP contribution is 2.27. The summed E-state index contributed by atoms with van der Waals surface area (Å²) < 4.78 is 0. The Kier molecular flexibility index (Phi) is 3.02. The number of aromatic nitrogens is 1. The molecule has 1 heterocycles. The van der Waals surface area contributed by atoms with Crippen molar-refractivity contribution < 1.29 is 4.79 Å². The van der Waals surface area contributed by atoms with Gasteiger partial charge < -0.3 is 4.98 Å². The summed E-state index contributed by atoms with van der Waals surface area (Å²) in [6, 6.07) is 1.87. The van der Waals surface area contributed by atoms with Crippen LogP contribution in [0.15, 0.2) is 18.5 Å². The molecule has 1 aliphatic carbocycles. The molecule has 1 N–H and O–H groups in total. The van der Waals surface area contributed by atoms with Crippen LogP contribution < -0.4 is 0 Å². The van der Waals surface area contributed by atoms with Crippen LogP contribution in [0.2, 0.25) is 0 Å². The summed E-state index contributed by atoms with van der Waals surface area (Å²) in [5.41, 5.74) is 0.843. The smallest absolute Gasteiger partial charge is 0.164 e. The van der Waals surface area contributed by atoms with Crippen LogP contribution in [0, 0.1) is 5.92 Å². The van der Waals surface area contributed by atoms with E-state index in [1.54, 1.807) is 6.20 Å². The normalized spacial score (nSPS) is 18.3. The van der Waals surface area contributed by atoms with Crippen molar-refractivity contribution >= 4 is 5.78 Å². The van der Waals surface area contributed by atoms with Gasteiger partial charge in [0.05, 0.1) is 0 Å². The Labute approximate surface area is 84.7 Å². The van der Waals surface area contributed by atoms with Crippen LogP contribution in [0.3, 0.4) is 0 Å². The van der Waals surface area contributed by atoms with E-state index < -0.39 is 0 Å². The Morgan fingerprint density at radius 2 is 2.14 bits per heavy atom. The Bertz CT molecular complexity index is 283. The first-order chi connectivity index (χ1) is 6.86. The highest BCUT2D eigenvalue weighted by atomic mass is 16.1. The third-order valence-corrected chi connectivity index (χ3v) is 3.12. The number of rotatable bonds is 3. The zero-order valence-electron chi connectivity index (χ0n) is 8.46. The molecule has 0 aromatic carbocycles. The van der Waals surface area contributed by atoms with Crippen LogP contribution in [0.25, 0.3) is 0 Å². The second kappa shape index (κ2) is 4.45. The van der Waals surface area contributed by atoms with Gasteiger partial charge in [-0.15, -0.1) is 0 Å². The van der Waals surface area contributed by atoms with Crippen molar-refractivity contribution in [1.82, 2.24) is 4.98 Å². The minimum atomic E-state index is 0.304. The first-order valence-electron chi connectivity index (χ1n) is 5.52. The van der Waals surface area contributed by atoms with Crippen molar-refractivity contribution in [2.75, 3.05) is 0 Å². The van der Waals surface area contributed by atoms with E-state index in [1.807, 2.05) is 12.3 Å². The molecule has 76 valence electrons. The monoisotopic (exact) mass is 191 g/mol. The summed E-state index contributed by atoms with van der Waals surface area (Å²) >= 11 is 0.